The molecule has 31 heavy (non-hydrogen) atoms. The average Bonchev–Trinajstić information content (AvgIpc) is 2.73. The summed E-state index contributed by atoms with van der Waals surface area (Å²) in [4.78, 5) is 59.1. The smallest absolute Gasteiger partial charge is 0.261 e. The Morgan fingerprint density at radius 2 is 1.61 bits per heavy atom. The van der Waals surface area contributed by atoms with Crippen molar-refractivity contribution in [2.45, 2.75) is 46.0 Å². The molecule has 2 amide bonds. The summed E-state index contributed by atoms with van der Waals surface area (Å²) in [6.07, 6.45) is 4.35. The first-order chi connectivity index (χ1) is 14.7. The Morgan fingerprint density at radius 1 is 0.935 bits per heavy atom. The van der Waals surface area contributed by atoms with Crippen LogP contribution in [-0.4, -0.2) is 83.1 Å². The van der Waals surface area contributed by atoms with Crippen LogP contribution >= 0.6 is 0 Å². The quantitative estimate of drug-likeness (QED) is 0.783. The Balaban J connectivity index is 1.39. The standard InChI is InChI=1S/C23H32N4O4/c1-23(2)13-18-16(19(28)14-23)12-17(21(30)24-18)22(31)27-10-8-25(9-11-27)15-20(29)26-6-4-3-5-7-26/h12H,3-11,13-15H2,1-2H3,(H,24,30). The first kappa shape index (κ1) is 21.7. The van der Waals surface area contributed by atoms with E-state index in [1.54, 1.807) is 4.90 Å². The summed E-state index contributed by atoms with van der Waals surface area (Å²) in [5.74, 6) is -0.215. The van der Waals surface area contributed by atoms with Crippen LogP contribution in [0.2, 0.25) is 0 Å². The molecular weight excluding hydrogens is 396 g/mol. The number of aromatic nitrogens is 1. The summed E-state index contributed by atoms with van der Waals surface area (Å²) in [5.41, 5.74) is 0.499. The molecule has 168 valence electrons. The molecule has 1 aromatic heterocycles. The van der Waals surface area contributed by atoms with Gasteiger partial charge in [-0.05, 0) is 37.2 Å². The molecule has 0 unspecified atom stereocenters. The first-order valence-electron chi connectivity index (χ1n) is 11.3. The second-order valence-corrected chi connectivity index (χ2v) is 9.86. The van der Waals surface area contributed by atoms with E-state index in [9.17, 15) is 19.2 Å². The van der Waals surface area contributed by atoms with Crippen LogP contribution in [0.4, 0.5) is 0 Å². The maximum absolute atomic E-state index is 13.0. The van der Waals surface area contributed by atoms with Crippen LogP contribution < -0.4 is 5.56 Å². The third-order valence-electron chi connectivity index (χ3n) is 6.68. The minimum atomic E-state index is -0.433. The highest BCUT2D eigenvalue weighted by molar-refractivity contribution is 6.02. The predicted octanol–water partition coefficient (Wildman–Crippen LogP) is 1.30. The van der Waals surface area contributed by atoms with Crippen molar-refractivity contribution in [1.29, 1.82) is 0 Å². The molecule has 0 bridgehead atoms. The molecule has 1 aliphatic carbocycles. The number of likely N-dealkylation sites (tertiary alicyclic amines) is 1. The van der Waals surface area contributed by atoms with E-state index < -0.39 is 5.56 Å². The van der Waals surface area contributed by atoms with Crippen LogP contribution in [0.1, 0.15) is 65.9 Å². The Bertz CT molecular complexity index is 937. The molecule has 2 saturated heterocycles. The number of rotatable bonds is 3. The number of nitrogens with zero attached hydrogens (tertiary/aromatic N) is 3. The minimum Gasteiger partial charge on any atom is -0.342 e. The normalized spacial score (nSPS) is 21.7. The number of hydrogen-bond acceptors (Lipinski definition) is 5. The van der Waals surface area contributed by atoms with Gasteiger partial charge in [-0.1, -0.05) is 13.8 Å². The first-order valence-corrected chi connectivity index (χ1v) is 11.3. The molecule has 0 aromatic carbocycles. The summed E-state index contributed by atoms with van der Waals surface area (Å²) >= 11 is 0. The topological polar surface area (TPSA) is 93.8 Å². The largest absolute Gasteiger partial charge is 0.342 e. The highest BCUT2D eigenvalue weighted by atomic mass is 16.2. The molecule has 8 heteroatoms. The number of hydrogen-bond donors (Lipinski definition) is 1. The number of nitrogens with one attached hydrogen (secondary N) is 1. The molecule has 2 aliphatic heterocycles. The monoisotopic (exact) mass is 428 g/mol. The lowest BCUT2D eigenvalue weighted by Crippen LogP contribution is -2.52. The van der Waals surface area contributed by atoms with Gasteiger partial charge in [-0.25, -0.2) is 0 Å². The third-order valence-corrected chi connectivity index (χ3v) is 6.68. The summed E-state index contributed by atoms with van der Waals surface area (Å²) in [7, 11) is 0. The van der Waals surface area contributed by atoms with Gasteiger partial charge in [-0.2, -0.15) is 0 Å². The number of pyridine rings is 1. The van der Waals surface area contributed by atoms with Crippen molar-refractivity contribution in [2.75, 3.05) is 45.8 Å². The number of ketones is 1. The SMILES string of the molecule is CC1(C)CC(=O)c2cc(C(=O)N3CCN(CC(=O)N4CCCCC4)CC3)c(=O)[nH]c2C1. The molecule has 4 rings (SSSR count). The summed E-state index contributed by atoms with van der Waals surface area (Å²) < 4.78 is 0. The third kappa shape index (κ3) is 4.74. The molecule has 2 fully saturated rings. The van der Waals surface area contributed by atoms with Crippen LogP contribution in [0.15, 0.2) is 10.9 Å². The zero-order chi connectivity index (χ0) is 22.2. The van der Waals surface area contributed by atoms with Crippen molar-refractivity contribution in [3.8, 4) is 0 Å². The van der Waals surface area contributed by atoms with Gasteiger partial charge >= 0.3 is 0 Å². The summed E-state index contributed by atoms with van der Waals surface area (Å²) in [6.45, 7) is 8.19. The second-order valence-electron chi connectivity index (χ2n) is 9.86. The summed E-state index contributed by atoms with van der Waals surface area (Å²) in [5, 5.41) is 0. The highest BCUT2D eigenvalue weighted by Crippen LogP contribution is 2.33. The fourth-order valence-corrected chi connectivity index (χ4v) is 4.90. The Morgan fingerprint density at radius 3 is 2.29 bits per heavy atom. The van der Waals surface area contributed by atoms with Crippen LogP contribution in [-0.2, 0) is 11.2 Å². The van der Waals surface area contributed by atoms with Crippen molar-refractivity contribution in [3.05, 3.63) is 33.2 Å². The number of carbonyl (C=O) groups excluding carboxylic acids is 3. The molecule has 0 spiro atoms. The number of fused-ring (bicyclic) bond motifs is 1. The van der Waals surface area contributed by atoms with Crippen LogP contribution in [0.5, 0.6) is 0 Å². The predicted molar refractivity (Wildman–Crippen MR) is 116 cm³/mol. The summed E-state index contributed by atoms with van der Waals surface area (Å²) in [6, 6.07) is 1.49. The molecular formula is C23H32N4O4. The molecule has 3 aliphatic rings. The number of carbonyl (C=O) groups is 3. The van der Waals surface area contributed by atoms with E-state index in [1.807, 2.05) is 18.7 Å². The van der Waals surface area contributed by atoms with Gasteiger partial charge in [0, 0.05) is 56.9 Å². The number of H-pyrrole nitrogens is 1. The van der Waals surface area contributed by atoms with Crippen molar-refractivity contribution in [3.63, 3.8) is 0 Å². The minimum absolute atomic E-state index is 0.0300. The van der Waals surface area contributed by atoms with Gasteiger partial charge < -0.3 is 14.8 Å². The van der Waals surface area contributed by atoms with Gasteiger partial charge in [-0.3, -0.25) is 24.1 Å². The van der Waals surface area contributed by atoms with Gasteiger partial charge in [0.25, 0.3) is 11.5 Å². The molecule has 3 heterocycles. The van der Waals surface area contributed by atoms with E-state index in [4.69, 9.17) is 0 Å². The second kappa shape index (κ2) is 8.57. The zero-order valence-corrected chi connectivity index (χ0v) is 18.5. The van der Waals surface area contributed by atoms with Crippen molar-refractivity contribution in [1.82, 2.24) is 19.7 Å². The molecule has 8 nitrogen and oxygen atoms in total. The van der Waals surface area contributed by atoms with E-state index in [2.05, 4.69) is 9.88 Å². The molecule has 0 saturated carbocycles. The highest BCUT2D eigenvalue weighted by Gasteiger charge is 2.34. The van der Waals surface area contributed by atoms with Crippen LogP contribution in [0.3, 0.4) is 0 Å². The van der Waals surface area contributed by atoms with E-state index in [0.29, 0.717) is 56.8 Å². The Labute approximate surface area is 182 Å². The Kier molecular flexibility index (Phi) is 6.01. The average molecular weight is 429 g/mol. The lowest BCUT2D eigenvalue weighted by Gasteiger charge is -2.36. The number of amides is 2. The van der Waals surface area contributed by atoms with Gasteiger partial charge in [0.05, 0.1) is 6.54 Å². The number of piperazine rings is 1. The lowest BCUT2D eigenvalue weighted by molar-refractivity contribution is -0.133. The zero-order valence-electron chi connectivity index (χ0n) is 18.5. The van der Waals surface area contributed by atoms with Crippen LogP contribution in [0.25, 0.3) is 0 Å². The van der Waals surface area contributed by atoms with Crippen molar-refractivity contribution >= 4 is 17.6 Å². The molecule has 1 aromatic rings. The fraction of sp³-hybridized carbons (Fsp3) is 0.652. The maximum Gasteiger partial charge on any atom is 0.261 e. The van der Waals surface area contributed by atoms with Gasteiger partial charge in [-0.15, -0.1) is 0 Å². The maximum atomic E-state index is 13.0. The van der Waals surface area contributed by atoms with E-state index in [1.165, 1.54) is 12.5 Å². The fourth-order valence-electron chi connectivity index (χ4n) is 4.90. The van der Waals surface area contributed by atoms with Crippen molar-refractivity contribution in [2.24, 2.45) is 5.41 Å². The number of piperidine rings is 1. The molecule has 0 radical (unpaired) electrons. The van der Waals surface area contributed by atoms with Gasteiger partial charge in [0.1, 0.15) is 5.56 Å². The van der Waals surface area contributed by atoms with Crippen LogP contribution in [0, 0.1) is 5.41 Å². The van der Waals surface area contributed by atoms with E-state index in [0.717, 1.165) is 25.9 Å². The molecule has 1 N–H and O–H groups in total. The Hall–Kier alpha value is -2.48. The van der Waals surface area contributed by atoms with Crippen molar-refractivity contribution < 1.29 is 14.4 Å². The van der Waals surface area contributed by atoms with Gasteiger partial charge in [0.2, 0.25) is 5.91 Å². The number of Topliss-reactive ketones (excluding diaryl/α,β-unsaturated/α-hetero) is 1. The van der Waals surface area contributed by atoms with E-state index in [-0.39, 0.29) is 28.6 Å². The van der Waals surface area contributed by atoms with Gasteiger partial charge in [0.15, 0.2) is 5.78 Å². The number of aromatic amines is 1. The van der Waals surface area contributed by atoms with E-state index >= 15 is 0 Å². The lowest BCUT2D eigenvalue weighted by atomic mass is 9.75. The molecule has 0 atom stereocenters.